The maximum absolute atomic E-state index is 13.2. The molecule has 0 heterocycles. The van der Waals surface area contributed by atoms with Crippen molar-refractivity contribution in [3.05, 3.63) is 35.7 Å². The molecule has 0 fully saturated rings. The Morgan fingerprint density at radius 3 is 2.85 bits per heavy atom. The number of hydrogen-bond acceptors (Lipinski definition) is 2. The fourth-order valence-electron chi connectivity index (χ4n) is 1.12. The minimum Gasteiger partial charge on any atom is -0.385 e. The summed E-state index contributed by atoms with van der Waals surface area (Å²) >= 11 is 0. The summed E-state index contributed by atoms with van der Waals surface area (Å²) in [7, 11) is 1.62. The molecule has 1 rings (SSSR count). The maximum atomic E-state index is 13.2. The first-order valence-electron chi connectivity index (χ1n) is 3.76. The number of nitrogens with one attached hydrogen (secondary N) is 1. The molecule has 0 aliphatic carbocycles. The van der Waals surface area contributed by atoms with Crippen molar-refractivity contribution in [3.8, 4) is 6.07 Å². The maximum Gasteiger partial charge on any atom is 0.148 e. The number of rotatable bonds is 2. The lowest BCUT2D eigenvalue weighted by atomic mass is 10.1. The zero-order valence-electron chi connectivity index (χ0n) is 7.26. The van der Waals surface area contributed by atoms with Crippen LogP contribution in [0.2, 0.25) is 0 Å². The van der Waals surface area contributed by atoms with Crippen LogP contribution in [0.3, 0.4) is 0 Å². The third kappa shape index (κ3) is 1.67. The molecule has 3 heteroatoms. The van der Waals surface area contributed by atoms with Crippen LogP contribution in [0.5, 0.6) is 0 Å². The third-order valence-corrected chi connectivity index (χ3v) is 1.72. The van der Waals surface area contributed by atoms with Gasteiger partial charge in [0.1, 0.15) is 5.82 Å². The van der Waals surface area contributed by atoms with Crippen molar-refractivity contribution < 1.29 is 5.82 Å². The molecule has 0 radical (unpaired) electrons. The Labute approximate surface area is 77.8 Å². The van der Waals surface area contributed by atoms with E-state index in [2.05, 4.69) is 11.9 Å². The molecular weight excluding hydrogens is 167 g/mol. The summed E-state index contributed by atoms with van der Waals surface area (Å²) in [6.45, 7) is 3.54. The van der Waals surface area contributed by atoms with E-state index in [0.717, 1.165) is 0 Å². The molecular formula is C10H11FN2. The van der Waals surface area contributed by atoms with E-state index < -0.39 is 5.82 Å². The Bertz CT molecular complexity index is 382. The molecule has 0 unspecified atom stereocenters. The SMILES string of the molecule is C=Cc1cc(C#N)cc(F)c1NC.[HH]. The van der Waals surface area contributed by atoms with Crippen LogP contribution < -0.4 is 5.32 Å². The van der Waals surface area contributed by atoms with Crippen LogP contribution in [0.25, 0.3) is 6.08 Å². The molecule has 1 aromatic rings. The fourth-order valence-corrected chi connectivity index (χ4v) is 1.12. The lowest BCUT2D eigenvalue weighted by Crippen LogP contribution is -1.96. The van der Waals surface area contributed by atoms with Gasteiger partial charge >= 0.3 is 0 Å². The van der Waals surface area contributed by atoms with Gasteiger partial charge in [-0.25, -0.2) is 4.39 Å². The lowest BCUT2D eigenvalue weighted by Gasteiger charge is -2.06. The van der Waals surface area contributed by atoms with Crippen LogP contribution in [0.15, 0.2) is 18.7 Å². The van der Waals surface area contributed by atoms with E-state index in [1.54, 1.807) is 13.1 Å². The van der Waals surface area contributed by atoms with Gasteiger partial charge in [0.05, 0.1) is 17.3 Å². The van der Waals surface area contributed by atoms with E-state index in [9.17, 15) is 4.39 Å². The van der Waals surface area contributed by atoms with Crippen molar-refractivity contribution in [1.29, 1.82) is 5.26 Å². The topological polar surface area (TPSA) is 35.8 Å². The summed E-state index contributed by atoms with van der Waals surface area (Å²) in [4.78, 5) is 0. The van der Waals surface area contributed by atoms with Crippen LogP contribution in [-0.2, 0) is 0 Å². The van der Waals surface area contributed by atoms with E-state index in [4.69, 9.17) is 5.26 Å². The Kier molecular flexibility index (Phi) is 2.65. The molecule has 0 saturated carbocycles. The van der Waals surface area contributed by atoms with Crippen LogP contribution in [0.1, 0.15) is 12.6 Å². The van der Waals surface area contributed by atoms with Crippen molar-refractivity contribution in [2.24, 2.45) is 0 Å². The summed E-state index contributed by atoms with van der Waals surface area (Å²) in [6.07, 6.45) is 1.51. The summed E-state index contributed by atoms with van der Waals surface area (Å²) in [6, 6.07) is 4.66. The highest BCUT2D eigenvalue weighted by atomic mass is 19.1. The van der Waals surface area contributed by atoms with Gasteiger partial charge in [-0.3, -0.25) is 0 Å². The molecule has 0 aromatic heterocycles. The molecule has 0 bridgehead atoms. The van der Waals surface area contributed by atoms with Gasteiger partial charge in [-0.15, -0.1) is 0 Å². The molecule has 0 atom stereocenters. The first-order valence-corrected chi connectivity index (χ1v) is 3.76. The van der Waals surface area contributed by atoms with Crippen molar-refractivity contribution in [2.75, 3.05) is 12.4 Å². The summed E-state index contributed by atoms with van der Waals surface area (Å²) < 4.78 is 13.2. The van der Waals surface area contributed by atoms with Gasteiger partial charge in [-0.05, 0) is 12.1 Å². The average Bonchev–Trinajstić information content (AvgIpc) is 2.16. The molecule has 1 aromatic carbocycles. The Morgan fingerprint density at radius 1 is 1.69 bits per heavy atom. The monoisotopic (exact) mass is 178 g/mol. The Morgan fingerprint density at radius 2 is 2.38 bits per heavy atom. The van der Waals surface area contributed by atoms with Crippen LogP contribution in [0, 0.1) is 17.1 Å². The third-order valence-electron chi connectivity index (χ3n) is 1.72. The highest BCUT2D eigenvalue weighted by molar-refractivity contribution is 5.68. The van der Waals surface area contributed by atoms with Crippen molar-refractivity contribution in [2.45, 2.75) is 0 Å². The van der Waals surface area contributed by atoms with Gasteiger partial charge in [-0.2, -0.15) is 5.26 Å². The smallest absolute Gasteiger partial charge is 0.148 e. The minimum absolute atomic E-state index is 0. The highest BCUT2D eigenvalue weighted by Crippen LogP contribution is 2.22. The van der Waals surface area contributed by atoms with E-state index in [0.29, 0.717) is 16.8 Å². The second kappa shape index (κ2) is 3.72. The minimum atomic E-state index is -0.434. The second-order valence-corrected chi connectivity index (χ2v) is 2.49. The van der Waals surface area contributed by atoms with Crippen LogP contribution >= 0.6 is 0 Å². The quantitative estimate of drug-likeness (QED) is 0.755. The molecule has 0 amide bonds. The average molecular weight is 178 g/mol. The van der Waals surface area contributed by atoms with Crippen LogP contribution in [-0.4, -0.2) is 7.05 Å². The Hall–Kier alpha value is -1.82. The highest BCUT2D eigenvalue weighted by Gasteiger charge is 2.06. The fraction of sp³-hybridized carbons (Fsp3) is 0.100. The van der Waals surface area contributed by atoms with Gasteiger partial charge in [0.15, 0.2) is 0 Å². The molecule has 2 nitrogen and oxygen atoms in total. The molecule has 13 heavy (non-hydrogen) atoms. The Balaban J connectivity index is 0.00000169. The van der Waals surface area contributed by atoms with Gasteiger partial charge in [0, 0.05) is 14.0 Å². The van der Waals surface area contributed by atoms with E-state index in [-0.39, 0.29) is 1.43 Å². The van der Waals surface area contributed by atoms with Crippen molar-refractivity contribution >= 4 is 11.8 Å². The largest absolute Gasteiger partial charge is 0.385 e. The van der Waals surface area contributed by atoms with E-state index in [1.807, 2.05) is 6.07 Å². The lowest BCUT2D eigenvalue weighted by molar-refractivity contribution is 0.630. The molecule has 0 aliphatic heterocycles. The van der Waals surface area contributed by atoms with Gasteiger partial charge in [0.25, 0.3) is 0 Å². The molecule has 0 spiro atoms. The number of hydrogen-bond donors (Lipinski definition) is 1. The molecule has 1 N–H and O–H groups in total. The molecule has 0 aliphatic rings. The van der Waals surface area contributed by atoms with Crippen molar-refractivity contribution in [1.82, 2.24) is 0 Å². The van der Waals surface area contributed by atoms with Crippen molar-refractivity contribution in [3.63, 3.8) is 0 Å². The summed E-state index contributed by atoms with van der Waals surface area (Å²) in [5, 5.41) is 11.3. The first kappa shape index (κ1) is 9.27. The predicted molar refractivity (Wildman–Crippen MR) is 52.9 cm³/mol. The van der Waals surface area contributed by atoms with Gasteiger partial charge in [0.2, 0.25) is 0 Å². The summed E-state index contributed by atoms with van der Waals surface area (Å²) in [5.74, 6) is -0.434. The van der Waals surface area contributed by atoms with E-state index >= 15 is 0 Å². The van der Waals surface area contributed by atoms with Gasteiger partial charge < -0.3 is 5.32 Å². The predicted octanol–water partition coefficient (Wildman–Crippen LogP) is 2.63. The molecule has 0 saturated heterocycles. The summed E-state index contributed by atoms with van der Waals surface area (Å²) in [5.41, 5.74) is 1.26. The second-order valence-electron chi connectivity index (χ2n) is 2.49. The number of benzene rings is 1. The van der Waals surface area contributed by atoms with Gasteiger partial charge in [-0.1, -0.05) is 12.7 Å². The first-order chi connectivity index (χ1) is 6.22. The normalized spacial score (nSPS) is 9.00. The number of nitriles is 1. The molecule has 68 valence electrons. The van der Waals surface area contributed by atoms with Crippen LogP contribution in [0.4, 0.5) is 10.1 Å². The zero-order valence-corrected chi connectivity index (χ0v) is 7.26. The standard InChI is InChI=1S/C10H9FN2.H2/c1-3-8-4-7(6-12)5-9(11)10(8)13-2;/h3-5,13H,1H2,2H3;1H. The zero-order chi connectivity index (χ0) is 9.84. The number of halogens is 1. The van der Waals surface area contributed by atoms with E-state index in [1.165, 1.54) is 12.1 Å². The number of anilines is 1. The number of nitrogens with zero attached hydrogens (tertiary/aromatic N) is 1.